The second-order valence-electron chi connectivity index (χ2n) is 5.04. The van der Waals surface area contributed by atoms with E-state index in [9.17, 15) is 9.59 Å². The topological polar surface area (TPSA) is 70.5 Å². The van der Waals surface area contributed by atoms with Gasteiger partial charge in [-0.25, -0.2) is 4.98 Å². The van der Waals surface area contributed by atoms with Gasteiger partial charge in [-0.3, -0.25) is 9.59 Å². The van der Waals surface area contributed by atoms with E-state index >= 15 is 0 Å². The lowest BCUT2D eigenvalue weighted by Crippen LogP contribution is -2.38. The Balaban J connectivity index is 2.39. The van der Waals surface area contributed by atoms with E-state index in [1.54, 1.807) is 16.2 Å². The molecular weight excluding hydrogens is 276 g/mol. The molecule has 0 aromatic carbocycles. The molecule has 0 atom stereocenters. The van der Waals surface area contributed by atoms with Crippen molar-refractivity contribution < 1.29 is 14.7 Å². The number of carboxylic acids is 1. The van der Waals surface area contributed by atoms with Crippen LogP contribution in [0.2, 0.25) is 0 Å². The monoisotopic (exact) mass is 298 g/mol. The molecule has 0 saturated heterocycles. The fourth-order valence-electron chi connectivity index (χ4n) is 1.97. The zero-order valence-corrected chi connectivity index (χ0v) is 13.1. The van der Waals surface area contributed by atoms with Gasteiger partial charge in [-0.1, -0.05) is 0 Å². The van der Waals surface area contributed by atoms with Crippen molar-refractivity contribution in [2.75, 3.05) is 6.54 Å². The van der Waals surface area contributed by atoms with Crippen LogP contribution in [0.1, 0.15) is 43.8 Å². The molecule has 1 amide bonds. The van der Waals surface area contributed by atoms with Gasteiger partial charge in [-0.15, -0.1) is 11.3 Å². The van der Waals surface area contributed by atoms with E-state index in [2.05, 4.69) is 4.98 Å². The first-order valence-electron chi connectivity index (χ1n) is 6.82. The van der Waals surface area contributed by atoms with E-state index in [-0.39, 0.29) is 24.9 Å². The van der Waals surface area contributed by atoms with Gasteiger partial charge in [0.25, 0.3) is 0 Å². The normalized spacial score (nSPS) is 10.8. The van der Waals surface area contributed by atoms with Gasteiger partial charge < -0.3 is 10.0 Å². The second kappa shape index (κ2) is 7.99. The van der Waals surface area contributed by atoms with Crippen LogP contribution in [0.15, 0.2) is 5.38 Å². The molecule has 1 heterocycles. The predicted molar refractivity (Wildman–Crippen MR) is 78.9 cm³/mol. The molecule has 1 N–H and O–H groups in total. The van der Waals surface area contributed by atoms with Crippen LogP contribution in [0.4, 0.5) is 0 Å². The minimum Gasteiger partial charge on any atom is -0.481 e. The van der Waals surface area contributed by atoms with Crippen molar-refractivity contribution >= 4 is 23.2 Å². The first-order valence-corrected chi connectivity index (χ1v) is 7.70. The number of aliphatic carboxylic acids is 1. The fraction of sp³-hybridized carbons (Fsp3) is 0.643. The lowest BCUT2D eigenvalue weighted by Gasteiger charge is -2.26. The van der Waals surface area contributed by atoms with E-state index in [1.807, 2.05) is 26.2 Å². The number of carboxylic acid groups (broad SMARTS) is 1. The molecule has 0 spiro atoms. The Labute approximate surface area is 123 Å². The predicted octanol–water partition coefficient (Wildman–Crippen LogP) is 2.49. The van der Waals surface area contributed by atoms with Crippen molar-refractivity contribution in [1.29, 1.82) is 0 Å². The lowest BCUT2D eigenvalue weighted by atomic mass is 10.1. The summed E-state index contributed by atoms with van der Waals surface area (Å²) in [4.78, 5) is 28.7. The third kappa shape index (κ3) is 5.69. The Morgan fingerprint density at radius 2 is 2.10 bits per heavy atom. The number of amides is 1. The highest BCUT2D eigenvalue weighted by Crippen LogP contribution is 2.12. The smallest absolute Gasteiger partial charge is 0.305 e. The standard InChI is InChI=1S/C14H22N2O3S/c1-10(2)16(8-7-14(18)19)13(17)6-4-5-12-9-20-11(3)15-12/h9-10H,4-8H2,1-3H3,(H,18,19). The molecule has 0 radical (unpaired) electrons. The highest BCUT2D eigenvalue weighted by molar-refractivity contribution is 7.09. The molecular formula is C14H22N2O3S. The van der Waals surface area contributed by atoms with E-state index in [0.29, 0.717) is 6.42 Å². The number of carbonyl (C=O) groups excluding carboxylic acids is 1. The zero-order valence-electron chi connectivity index (χ0n) is 12.3. The Hall–Kier alpha value is -1.43. The van der Waals surface area contributed by atoms with Crippen molar-refractivity contribution in [3.05, 3.63) is 16.1 Å². The summed E-state index contributed by atoms with van der Waals surface area (Å²) in [5.74, 6) is -0.852. The average molecular weight is 298 g/mol. The van der Waals surface area contributed by atoms with Crippen LogP contribution in [0.25, 0.3) is 0 Å². The van der Waals surface area contributed by atoms with Gasteiger partial charge in [0, 0.05) is 24.4 Å². The summed E-state index contributed by atoms with van der Waals surface area (Å²) in [6.45, 7) is 6.06. The highest BCUT2D eigenvalue weighted by atomic mass is 32.1. The molecule has 5 nitrogen and oxygen atoms in total. The number of rotatable bonds is 8. The van der Waals surface area contributed by atoms with Crippen LogP contribution < -0.4 is 0 Å². The summed E-state index contributed by atoms with van der Waals surface area (Å²) < 4.78 is 0. The molecule has 112 valence electrons. The quantitative estimate of drug-likeness (QED) is 0.800. The molecule has 1 rings (SSSR count). The van der Waals surface area contributed by atoms with Crippen molar-refractivity contribution in [3.63, 3.8) is 0 Å². The minimum atomic E-state index is -0.874. The van der Waals surface area contributed by atoms with Crippen molar-refractivity contribution in [3.8, 4) is 0 Å². The first kappa shape index (κ1) is 16.6. The molecule has 0 fully saturated rings. The largest absolute Gasteiger partial charge is 0.481 e. The molecule has 0 bridgehead atoms. The average Bonchev–Trinajstić information content (AvgIpc) is 2.74. The third-order valence-corrected chi connectivity index (χ3v) is 3.82. The Morgan fingerprint density at radius 3 is 2.60 bits per heavy atom. The number of hydrogen-bond donors (Lipinski definition) is 1. The molecule has 0 unspecified atom stereocenters. The van der Waals surface area contributed by atoms with Gasteiger partial charge >= 0.3 is 5.97 Å². The van der Waals surface area contributed by atoms with Crippen LogP contribution in [0.5, 0.6) is 0 Å². The third-order valence-electron chi connectivity index (χ3n) is 3.00. The molecule has 6 heteroatoms. The number of nitrogens with zero attached hydrogens (tertiary/aromatic N) is 2. The molecule has 0 aliphatic rings. The van der Waals surface area contributed by atoms with E-state index in [4.69, 9.17) is 5.11 Å². The lowest BCUT2D eigenvalue weighted by molar-refractivity contribution is -0.139. The van der Waals surface area contributed by atoms with Crippen LogP contribution in [0, 0.1) is 6.92 Å². The maximum atomic E-state index is 12.1. The second-order valence-corrected chi connectivity index (χ2v) is 6.10. The molecule has 1 aromatic rings. The van der Waals surface area contributed by atoms with E-state index in [1.165, 1.54) is 0 Å². The maximum absolute atomic E-state index is 12.1. The maximum Gasteiger partial charge on any atom is 0.305 e. The van der Waals surface area contributed by atoms with Crippen molar-refractivity contribution in [2.24, 2.45) is 0 Å². The van der Waals surface area contributed by atoms with Gasteiger partial charge in [0.15, 0.2) is 0 Å². The summed E-state index contributed by atoms with van der Waals surface area (Å²) in [7, 11) is 0. The number of carbonyl (C=O) groups is 2. The molecule has 1 aromatic heterocycles. The van der Waals surface area contributed by atoms with E-state index in [0.717, 1.165) is 23.5 Å². The highest BCUT2D eigenvalue weighted by Gasteiger charge is 2.17. The number of aryl methyl sites for hydroxylation is 2. The minimum absolute atomic E-state index is 0.00476. The SMILES string of the molecule is Cc1nc(CCCC(=O)N(CCC(=O)O)C(C)C)cs1. The van der Waals surface area contributed by atoms with Crippen LogP contribution in [-0.2, 0) is 16.0 Å². The van der Waals surface area contributed by atoms with Gasteiger partial charge in [0.05, 0.1) is 17.1 Å². The number of aromatic nitrogens is 1. The summed E-state index contributed by atoms with van der Waals surface area (Å²) in [6, 6.07) is 0.0309. The zero-order chi connectivity index (χ0) is 15.1. The number of hydrogen-bond acceptors (Lipinski definition) is 4. The molecule has 0 saturated carbocycles. The van der Waals surface area contributed by atoms with Crippen LogP contribution in [-0.4, -0.2) is 39.5 Å². The molecule has 0 aliphatic carbocycles. The summed E-state index contributed by atoms with van der Waals surface area (Å²) in [5, 5.41) is 11.8. The van der Waals surface area contributed by atoms with Gasteiger partial charge in [0.1, 0.15) is 0 Å². The van der Waals surface area contributed by atoms with Crippen LogP contribution in [0.3, 0.4) is 0 Å². The van der Waals surface area contributed by atoms with Gasteiger partial charge in [0.2, 0.25) is 5.91 Å². The Morgan fingerprint density at radius 1 is 1.40 bits per heavy atom. The van der Waals surface area contributed by atoms with E-state index < -0.39 is 5.97 Å². The van der Waals surface area contributed by atoms with Gasteiger partial charge in [-0.05, 0) is 33.6 Å². The number of thiazole rings is 1. The Kier molecular flexibility index (Phi) is 6.64. The summed E-state index contributed by atoms with van der Waals surface area (Å²) in [6.07, 6.45) is 1.98. The summed E-state index contributed by atoms with van der Waals surface area (Å²) in [5.41, 5.74) is 1.03. The summed E-state index contributed by atoms with van der Waals surface area (Å²) >= 11 is 1.61. The first-order chi connectivity index (χ1) is 9.40. The fourth-order valence-corrected chi connectivity index (χ4v) is 2.62. The van der Waals surface area contributed by atoms with Crippen molar-refractivity contribution in [2.45, 2.75) is 52.5 Å². The van der Waals surface area contributed by atoms with Gasteiger partial charge in [-0.2, -0.15) is 0 Å². The molecule has 0 aliphatic heterocycles. The molecule has 20 heavy (non-hydrogen) atoms. The Bertz CT molecular complexity index is 457. The van der Waals surface area contributed by atoms with Crippen molar-refractivity contribution in [1.82, 2.24) is 9.88 Å². The van der Waals surface area contributed by atoms with Crippen LogP contribution >= 0.6 is 11.3 Å².